The quantitative estimate of drug-likeness (QED) is 0.671. The smallest absolute Gasteiger partial charge is 0.231 e. The molecular formula is C16H13NO3. The maximum absolute atomic E-state index is 12.2. The number of carbonyl (C=O) groups is 1. The van der Waals surface area contributed by atoms with E-state index in [1.54, 1.807) is 43.5 Å². The van der Waals surface area contributed by atoms with Crippen LogP contribution in [0.2, 0.25) is 0 Å². The van der Waals surface area contributed by atoms with Crippen molar-refractivity contribution in [2.75, 3.05) is 12.8 Å². The fourth-order valence-corrected chi connectivity index (χ4v) is 2.09. The Morgan fingerprint density at radius 3 is 2.80 bits per heavy atom. The van der Waals surface area contributed by atoms with Crippen LogP contribution in [0.3, 0.4) is 0 Å². The lowest BCUT2D eigenvalue weighted by Crippen LogP contribution is -1.98. The van der Waals surface area contributed by atoms with Gasteiger partial charge in [0, 0.05) is 11.8 Å². The van der Waals surface area contributed by atoms with Gasteiger partial charge in [-0.15, -0.1) is 0 Å². The lowest BCUT2D eigenvalue weighted by atomic mass is 10.1. The van der Waals surface area contributed by atoms with Crippen LogP contribution in [0.1, 0.15) is 15.9 Å². The maximum Gasteiger partial charge on any atom is 0.231 e. The lowest BCUT2D eigenvalue weighted by Gasteiger charge is -2.01. The largest absolute Gasteiger partial charge is 0.497 e. The molecule has 1 aliphatic rings. The van der Waals surface area contributed by atoms with Crippen molar-refractivity contribution in [1.29, 1.82) is 0 Å². The van der Waals surface area contributed by atoms with Crippen LogP contribution in [0.5, 0.6) is 11.5 Å². The molecular weight excluding hydrogens is 254 g/mol. The molecule has 100 valence electrons. The summed E-state index contributed by atoms with van der Waals surface area (Å²) >= 11 is 0. The normalized spacial score (nSPS) is 15.1. The van der Waals surface area contributed by atoms with Crippen molar-refractivity contribution in [2.24, 2.45) is 0 Å². The van der Waals surface area contributed by atoms with Crippen LogP contribution >= 0.6 is 0 Å². The number of hydrogen-bond acceptors (Lipinski definition) is 4. The topological polar surface area (TPSA) is 61.6 Å². The van der Waals surface area contributed by atoms with E-state index in [4.69, 9.17) is 15.2 Å². The van der Waals surface area contributed by atoms with E-state index in [-0.39, 0.29) is 5.78 Å². The first-order valence-corrected chi connectivity index (χ1v) is 6.15. The molecule has 0 saturated heterocycles. The average molecular weight is 267 g/mol. The number of nitrogen functional groups attached to an aromatic ring is 1. The number of benzene rings is 2. The third-order valence-corrected chi connectivity index (χ3v) is 3.09. The van der Waals surface area contributed by atoms with Gasteiger partial charge in [0.25, 0.3) is 0 Å². The summed E-state index contributed by atoms with van der Waals surface area (Å²) in [7, 11) is 1.57. The monoisotopic (exact) mass is 267 g/mol. The molecule has 2 N–H and O–H groups in total. The van der Waals surface area contributed by atoms with Crippen LogP contribution in [0.25, 0.3) is 6.08 Å². The Kier molecular flexibility index (Phi) is 2.91. The van der Waals surface area contributed by atoms with Gasteiger partial charge >= 0.3 is 0 Å². The van der Waals surface area contributed by atoms with E-state index in [1.807, 2.05) is 12.1 Å². The molecule has 4 nitrogen and oxygen atoms in total. The lowest BCUT2D eigenvalue weighted by molar-refractivity contribution is 0.101. The maximum atomic E-state index is 12.2. The van der Waals surface area contributed by atoms with Gasteiger partial charge in [-0.1, -0.05) is 12.1 Å². The fourth-order valence-electron chi connectivity index (χ4n) is 2.09. The number of fused-ring (bicyclic) bond motifs is 1. The molecule has 0 radical (unpaired) electrons. The van der Waals surface area contributed by atoms with Gasteiger partial charge in [-0.3, -0.25) is 4.79 Å². The predicted octanol–water partition coefficient (Wildman–Crippen LogP) is 2.89. The summed E-state index contributed by atoms with van der Waals surface area (Å²) in [6, 6.07) is 12.4. The zero-order chi connectivity index (χ0) is 14.1. The Bertz CT molecular complexity index is 719. The van der Waals surface area contributed by atoms with Gasteiger partial charge in [0.1, 0.15) is 11.5 Å². The number of methoxy groups -OCH3 is 1. The highest BCUT2D eigenvalue weighted by atomic mass is 16.5. The molecule has 4 heteroatoms. The Balaban J connectivity index is 1.97. The Hall–Kier alpha value is -2.75. The Morgan fingerprint density at radius 2 is 2.05 bits per heavy atom. The first kappa shape index (κ1) is 12.3. The number of ketones is 1. The van der Waals surface area contributed by atoms with Gasteiger partial charge in [0.15, 0.2) is 5.76 Å². The number of carbonyl (C=O) groups excluding carboxylic acids is 1. The average Bonchev–Trinajstić information content (AvgIpc) is 2.75. The minimum Gasteiger partial charge on any atom is -0.497 e. The fraction of sp³-hybridized carbons (Fsp3) is 0.0625. The first-order valence-electron chi connectivity index (χ1n) is 6.15. The Labute approximate surface area is 116 Å². The van der Waals surface area contributed by atoms with Crippen LogP contribution in [-0.4, -0.2) is 12.9 Å². The van der Waals surface area contributed by atoms with E-state index in [0.29, 0.717) is 28.5 Å². The zero-order valence-corrected chi connectivity index (χ0v) is 10.9. The van der Waals surface area contributed by atoms with Gasteiger partial charge in [-0.25, -0.2) is 0 Å². The van der Waals surface area contributed by atoms with Crippen molar-refractivity contribution < 1.29 is 14.3 Å². The van der Waals surface area contributed by atoms with Crippen LogP contribution in [0.4, 0.5) is 5.69 Å². The molecule has 20 heavy (non-hydrogen) atoms. The summed E-state index contributed by atoms with van der Waals surface area (Å²) in [6.45, 7) is 0. The predicted molar refractivity (Wildman–Crippen MR) is 76.8 cm³/mol. The third-order valence-electron chi connectivity index (χ3n) is 3.09. The SMILES string of the molecule is COc1ccc2c(c1)O/C(=C\c1cccc(N)c1)C2=O. The number of anilines is 1. The van der Waals surface area contributed by atoms with Crippen molar-refractivity contribution in [3.05, 3.63) is 59.4 Å². The van der Waals surface area contributed by atoms with Crippen LogP contribution in [0, 0.1) is 0 Å². The van der Waals surface area contributed by atoms with E-state index < -0.39 is 0 Å². The summed E-state index contributed by atoms with van der Waals surface area (Å²) in [4.78, 5) is 12.2. The van der Waals surface area contributed by atoms with Crippen molar-refractivity contribution in [3.8, 4) is 11.5 Å². The molecule has 2 aromatic carbocycles. The van der Waals surface area contributed by atoms with Gasteiger partial charge in [-0.2, -0.15) is 0 Å². The van der Waals surface area contributed by atoms with Gasteiger partial charge in [0.05, 0.1) is 12.7 Å². The highest BCUT2D eigenvalue weighted by Crippen LogP contribution is 2.34. The number of Topliss-reactive ketones (excluding diaryl/α,β-unsaturated/α-hetero) is 1. The number of hydrogen-bond donors (Lipinski definition) is 1. The molecule has 0 amide bonds. The van der Waals surface area contributed by atoms with Crippen molar-refractivity contribution in [1.82, 2.24) is 0 Å². The van der Waals surface area contributed by atoms with Crippen LogP contribution < -0.4 is 15.2 Å². The molecule has 2 aromatic rings. The molecule has 0 atom stereocenters. The summed E-state index contributed by atoms with van der Waals surface area (Å²) in [5.41, 5.74) is 7.73. The molecule has 3 rings (SSSR count). The van der Waals surface area contributed by atoms with Gasteiger partial charge < -0.3 is 15.2 Å². The summed E-state index contributed by atoms with van der Waals surface area (Å²) in [5, 5.41) is 0. The zero-order valence-electron chi connectivity index (χ0n) is 10.9. The second-order valence-electron chi connectivity index (χ2n) is 4.47. The molecule has 1 heterocycles. The first-order chi connectivity index (χ1) is 9.67. The van der Waals surface area contributed by atoms with Crippen molar-refractivity contribution in [3.63, 3.8) is 0 Å². The minimum atomic E-state index is -0.134. The third kappa shape index (κ3) is 2.12. The molecule has 0 spiro atoms. The molecule has 0 saturated carbocycles. The van der Waals surface area contributed by atoms with E-state index in [9.17, 15) is 4.79 Å². The van der Waals surface area contributed by atoms with Crippen LogP contribution in [0.15, 0.2) is 48.2 Å². The summed E-state index contributed by atoms with van der Waals surface area (Å²) in [6.07, 6.45) is 1.69. The highest BCUT2D eigenvalue weighted by Gasteiger charge is 2.27. The minimum absolute atomic E-state index is 0.134. The molecule has 0 bridgehead atoms. The highest BCUT2D eigenvalue weighted by molar-refractivity contribution is 6.14. The van der Waals surface area contributed by atoms with Crippen molar-refractivity contribution >= 4 is 17.5 Å². The van der Waals surface area contributed by atoms with Crippen molar-refractivity contribution in [2.45, 2.75) is 0 Å². The molecule has 0 aliphatic carbocycles. The van der Waals surface area contributed by atoms with Gasteiger partial charge in [0.2, 0.25) is 5.78 Å². The molecule has 1 aliphatic heterocycles. The number of rotatable bonds is 2. The standard InChI is InChI=1S/C16H13NO3/c1-19-12-5-6-13-14(9-12)20-15(16(13)18)8-10-3-2-4-11(17)7-10/h2-9H,17H2,1H3/b15-8-. The van der Waals surface area contributed by atoms with Gasteiger partial charge in [-0.05, 0) is 35.9 Å². The van der Waals surface area contributed by atoms with E-state index in [1.165, 1.54) is 0 Å². The summed E-state index contributed by atoms with van der Waals surface area (Å²) < 4.78 is 10.7. The molecule has 0 aromatic heterocycles. The number of nitrogens with two attached hydrogens (primary N) is 1. The summed E-state index contributed by atoms with van der Waals surface area (Å²) in [5.74, 6) is 1.33. The van der Waals surface area contributed by atoms with E-state index in [0.717, 1.165) is 5.56 Å². The molecule has 0 unspecified atom stereocenters. The number of allylic oxidation sites excluding steroid dienone is 1. The second kappa shape index (κ2) is 4.74. The Morgan fingerprint density at radius 1 is 1.20 bits per heavy atom. The second-order valence-corrected chi connectivity index (χ2v) is 4.47. The van der Waals surface area contributed by atoms with Crippen LogP contribution in [-0.2, 0) is 0 Å². The van der Waals surface area contributed by atoms with E-state index >= 15 is 0 Å². The molecule has 0 fully saturated rings. The number of ether oxygens (including phenoxy) is 2. The van der Waals surface area contributed by atoms with E-state index in [2.05, 4.69) is 0 Å².